The summed E-state index contributed by atoms with van der Waals surface area (Å²) in [6.07, 6.45) is 0. The fourth-order valence-corrected chi connectivity index (χ4v) is 7.72. The molecule has 0 heteroatoms. The van der Waals surface area contributed by atoms with Gasteiger partial charge in [-0.1, -0.05) is 146 Å². The van der Waals surface area contributed by atoms with Crippen molar-refractivity contribution in [3.05, 3.63) is 170 Å². The first-order valence-corrected chi connectivity index (χ1v) is 16.0. The summed E-state index contributed by atoms with van der Waals surface area (Å²) in [7, 11) is 0. The maximum atomic E-state index is 2.35. The van der Waals surface area contributed by atoms with Gasteiger partial charge in [0.1, 0.15) is 0 Å². The van der Waals surface area contributed by atoms with Gasteiger partial charge in [-0.3, -0.25) is 0 Å². The van der Waals surface area contributed by atoms with E-state index >= 15 is 0 Å². The molecule has 0 fully saturated rings. The summed E-state index contributed by atoms with van der Waals surface area (Å²) in [6, 6.07) is 62.8. The molecule has 0 aromatic heterocycles. The van der Waals surface area contributed by atoms with Gasteiger partial charge in [0.05, 0.1) is 0 Å². The van der Waals surface area contributed by atoms with E-state index in [1.807, 2.05) is 0 Å². The number of rotatable bonds is 3. The van der Waals surface area contributed by atoms with E-state index in [1.165, 1.54) is 98.7 Å². The molecule has 1 aliphatic carbocycles. The molecule has 0 unspecified atom stereocenters. The predicted molar refractivity (Wildman–Crippen MR) is 197 cm³/mol. The molecule has 0 bridgehead atoms. The highest BCUT2D eigenvalue weighted by Crippen LogP contribution is 2.49. The summed E-state index contributed by atoms with van der Waals surface area (Å²) < 4.78 is 0. The quantitative estimate of drug-likeness (QED) is 0.182. The molecule has 0 spiro atoms. The van der Waals surface area contributed by atoms with Crippen LogP contribution in [0.5, 0.6) is 0 Å². The van der Waals surface area contributed by atoms with Gasteiger partial charge in [-0.05, 0) is 123 Å². The van der Waals surface area contributed by atoms with E-state index in [1.54, 1.807) is 0 Å². The van der Waals surface area contributed by atoms with Gasteiger partial charge in [0.15, 0.2) is 0 Å². The smallest absolute Gasteiger partial charge is 0.00201 e. The first kappa shape index (κ1) is 25.4. The number of fused-ring (bicyclic) bond motifs is 7. The van der Waals surface area contributed by atoms with Crippen LogP contribution < -0.4 is 0 Å². The summed E-state index contributed by atoms with van der Waals surface area (Å²) in [5.41, 5.74) is 12.8. The van der Waals surface area contributed by atoms with Crippen LogP contribution in [0.25, 0.3) is 98.7 Å². The summed E-state index contributed by atoms with van der Waals surface area (Å²) in [5.74, 6) is 0. The molecule has 0 nitrogen and oxygen atoms in total. The van der Waals surface area contributed by atoms with E-state index in [0.717, 1.165) is 0 Å². The van der Waals surface area contributed by atoms with Crippen molar-refractivity contribution in [2.45, 2.75) is 0 Å². The number of hydrogen-bond acceptors (Lipinski definition) is 0. The fourth-order valence-electron chi connectivity index (χ4n) is 7.72. The topological polar surface area (TPSA) is 0 Å². The Morgan fingerprint density at radius 1 is 0.217 bits per heavy atom. The van der Waals surface area contributed by atoms with Crippen molar-refractivity contribution in [3.8, 4) is 55.6 Å². The first-order valence-electron chi connectivity index (χ1n) is 16.0. The molecular formula is C46H28. The second kappa shape index (κ2) is 9.76. The van der Waals surface area contributed by atoms with Gasteiger partial charge in [0.2, 0.25) is 0 Å². The van der Waals surface area contributed by atoms with Gasteiger partial charge >= 0.3 is 0 Å². The van der Waals surface area contributed by atoms with Crippen LogP contribution in [0, 0.1) is 0 Å². The largest absolute Gasteiger partial charge is 0.0616 e. The number of benzene rings is 9. The third kappa shape index (κ3) is 3.81. The Kier molecular flexibility index (Phi) is 5.38. The van der Waals surface area contributed by atoms with Gasteiger partial charge < -0.3 is 0 Å². The normalized spacial score (nSPS) is 11.9. The minimum Gasteiger partial charge on any atom is -0.0616 e. The average molecular weight is 581 g/mol. The van der Waals surface area contributed by atoms with Gasteiger partial charge in [0.25, 0.3) is 0 Å². The van der Waals surface area contributed by atoms with E-state index in [0.29, 0.717) is 0 Å². The van der Waals surface area contributed by atoms with Crippen LogP contribution in [0.15, 0.2) is 170 Å². The van der Waals surface area contributed by atoms with Crippen LogP contribution >= 0.6 is 0 Å². The SMILES string of the molecule is c1cc(-c2ccc3cc(-c4ccc5c(ccc6ccccc65)c4)ccc3c2)cc(-c2ccc3c4c(cccc24)-c2ccccc2-3)c1. The monoisotopic (exact) mass is 580 g/mol. The van der Waals surface area contributed by atoms with E-state index in [4.69, 9.17) is 0 Å². The summed E-state index contributed by atoms with van der Waals surface area (Å²) >= 11 is 0. The van der Waals surface area contributed by atoms with Crippen molar-refractivity contribution in [2.24, 2.45) is 0 Å². The molecule has 10 rings (SSSR count). The molecular weight excluding hydrogens is 553 g/mol. The molecule has 9 aromatic rings. The van der Waals surface area contributed by atoms with Crippen molar-refractivity contribution < 1.29 is 0 Å². The van der Waals surface area contributed by atoms with Crippen molar-refractivity contribution in [3.63, 3.8) is 0 Å². The van der Waals surface area contributed by atoms with Gasteiger partial charge in [-0.2, -0.15) is 0 Å². The number of hydrogen-bond donors (Lipinski definition) is 0. The lowest BCUT2D eigenvalue weighted by Gasteiger charge is -2.12. The highest BCUT2D eigenvalue weighted by Gasteiger charge is 2.22. The summed E-state index contributed by atoms with van der Waals surface area (Å²) in [4.78, 5) is 0. The van der Waals surface area contributed by atoms with E-state index < -0.39 is 0 Å². The zero-order valence-corrected chi connectivity index (χ0v) is 25.2. The molecule has 0 aliphatic heterocycles. The Bertz CT molecular complexity index is 2660. The van der Waals surface area contributed by atoms with Crippen LogP contribution in [-0.2, 0) is 0 Å². The third-order valence-corrected chi connectivity index (χ3v) is 9.97. The Morgan fingerprint density at radius 2 is 0.717 bits per heavy atom. The highest BCUT2D eigenvalue weighted by molar-refractivity contribution is 6.18. The molecule has 46 heavy (non-hydrogen) atoms. The molecule has 0 amide bonds. The van der Waals surface area contributed by atoms with Gasteiger partial charge in [-0.15, -0.1) is 0 Å². The third-order valence-electron chi connectivity index (χ3n) is 9.97. The average Bonchev–Trinajstić information content (AvgIpc) is 3.46. The fraction of sp³-hybridized carbons (Fsp3) is 0. The minimum atomic E-state index is 1.23. The molecule has 9 aromatic carbocycles. The van der Waals surface area contributed by atoms with E-state index in [2.05, 4.69) is 170 Å². The van der Waals surface area contributed by atoms with Gasteiger partial charge in [0, 0.05) is 0 Å². The highest BCUT2D eigenvalue weighted by atomic mass is 14.2. The molecule has 0 radical (unpaired) electrons. The molecule has 212 valence electrons. The van der Waals surface area contributed by atoms with Crippen molar-refractivity contribution in [2.75, 3.05) is 0 Å². The Hall–Kier alpha value is -5.98. The lowest BCUT2D eigenvalue weighted by Crippen LogP contribution is -1.86. The van der Waals surface area contributed by atoms with Crippen molar-refractivity contribution >= 4 is 43.1 Å². The molecule has 0 N–H and O–H groups in total. The van der Waals surface area contributed by atoms with Crippen LogP contribution in [0.4, 0.5) is 0 Å². The Morgan fingerprint density at radius 3 is 1.52 bits per heavy atom. The Balaban J connectivity index is 1.02. The lowest BCUT2D eigenvalue weighted by atomic mass is 9.92. The lowest BCUT2D eigenvalue weighted by molar-refractivity contribution is 1.62. The van der Waals surface area contributed by atoms with Crippen LogP contribution in [0.1, 0.15) is 0 Å². The van der Waals surface area contributed by atoms with E-state index in [-0.39, 0.29) is 0 Å². The van der Waals surface area contributed by atoms with Crippen molar-refractivity contribution in [1.29, 1.82) is 0 Å². The van der Waals surface area contributed by atoms with Crippen molar-refractivity contribution in [1.82, 2.24) is 0 Å². The van der Waals surface area contributed by atoms with Crippen LogP contribution in [0.2, 0.25) is 0 Å². The molecule has 0 saturated heterocycles. The summed E-state index contributed by atoms with van der Waals surface area (Å²) in [5, 5.41) is 10.4. The Labute approximate surface area is 267 Å². The second-order valence-electron chi connectivity index (χ2n) is 12.5. The van der Waals surface area contributed by atoms with Crippen LogP contribution in [-0.4, -0.2) is 0 Å². The minimum absolute atomic E-state index is 1.23. The zero-order chi connectivity index (χ0) is 30.2. The van der Waals surface area contributed by atoms with E-state index in [9.17, 15) is 0 Å². The molecule has 1 aliphatic rings. The standard InChI is InChI=1S/C46H28/c1-2-10-38-29(7-1)15-20-37-28-35(21-22-39(37)38)34-19-18-32-25-31(16-17-33(32)26-34)30-8-5-9-36(27-30)40-23-24-45-42-12-4-3-11-41(42)44-14-6-13-43(40)46(44)45/h1-28H. The maximum Gasteiger partial charge on any atom is -0.00201 e. The van der Waals surface area contributed by atoms with Gasteiger partial charge in [-0.25, -0.2) is 0 Å². The predicted octanol–water partition coefficient (Wildman–Crippen LogP) is 12.9. The molecule has 0 atom stereocenters. The summed E-state index contributed by atoms with van der Waals surface area (Å²) in [6.45, 7) is 0. The second-order valence-corrected chi connectivity index (χ2v) is 12.5. The van der Waals surface area contributed by atoms with Crippen LogP contribution in [0.3, 0.4) is 0 Å². The molecule has 0 saturated carbocycles. The molecule has 0 heterocycles. The first-order chi connectivity index (χ1) is 22.8. The maximum absolute atomic E-state index is 2.35. The zero-order valence-electron chi connectivity index (χ0n) is 25.2.